The number of nitrogens with zero attached hydrogens (tertiary/aromatic N) is 7. The summed E-state index contributed by atoms with van der Waals surface area (Å²) in [7, 11) is 2.21. The monoisotopic (exact) mass is 343 g/mol. The zero-order valence-corrected chi connectivity index (χ0v) is 15.8. The van der Waals surface area contributed by atoms with Crippen LogP contribution in [0.3, 0.4) is 0 Å². The zero-order valence-electron chi connectivity index (χ0n) is 15.8. The Morgan fingerprint density at radius 3 is 2.64 bits per heavy atom. The SMILES string of the molecule is Cc1cc(N2CCC(N(C)CCn3cncn3)CC2)nc(C(C)C)n1. The van der Waals surface area contributed by atoms with Crippen LogP contribution in [0.1, 0.15) is 44.1 Å². The lowest BCUT2D eigenvalue weighted by molar-refractivity contribution is 0.198. The number of aryl methyl sites for hydroxylation is 1. The normalized spacial score (nSPS) is 16.2. The Kier molecular flexibility index (Phi) is 5.63. The lowest BCUT2D eigenvalue weighted by Crippen LogP contribution is -2.44. The van der Waals surface area contributed by atoms with E-state index in [2.05, 4.69) is 58.8 Å². The Balaban J connectivity index is 1.54. The van der Waals surface area contributed by atoms with Gasteiger partial charge in [-0.15, -0.1) is 0 Å². The molecule has 0 spiro atoms. The topological polar surface area (TPSA) is 63.0 Å². The minimum absolute atomic E-state index is 0.360. The maximum absolute atomic E-state index is 4.78. The molecule has 3 rings (SSSR count). The van der Waals surface area contributed by atoms with Gasteiger partial charge in [0.05, 0.1) is 6.54 Å². The zero-order chi connectivity index (χ0) is 17.8. The molecule has 1 saturated heterocycles. The van der Waals surface area contributed by atoms with Crippen LogP contribution in [0.25, 0.3) is 0 Å². The Hall–Kier alpha value is -2.02. The fraction of sp³-hybridized carbons (Fsp3) is 0.667. The second kappa shape index (κ2) is 7.91. The highest BCUT2D eigenvalue weighted by Gasteiger charge is 2.23. The average Bonchev–Trinajstić information content (AvgIpc) is 3.13. The van der Waals surface area contributed by atoms with Gasteiger partial charge >= 0.3 is 0 Å². The third-order valence-corrected chi connectivity index (χ3v) is 4.93. The quantitative estimate of drug-likeness (QED) is 0.800. The first-order valence-electron chi connectivity index (χ1n) is 9.16. The molecule has 0 aromatic carbocycles. The molecule has 0 atom stereocenters. The lowest BCUT2D eigenvalue weighted by atomic mass is 10.0. The molecular formula is C18H29N7. The number of piperidine rings is 1. The van der Waals surface area contributed by atoms with Gasteiger partial charge in [0.15, 0.2) is 0 Å². The van der Waals surface area contributed by atoms with Crippen molar-refractivity contribution in [3.05, 3.63) is 30.2 Å². The molecule has 7 heteroatoms. The van der Waals surface area contributed by atoms with Crippen molar-refractivity contribution in [3.63, 3.8) is 0 Å². The van der Waals surface area contributed by atoms with E-state index < -0.39 is 0 Å². The van der Waals surface area contributed by atoms with Crippen LogP contribution >= 0.6 is 0 Å². The average molecular weight is 343 g/mol. The van der Waals surface area contributed by atoms with Crippen molar-refractivity contribution in [1.29, 1.82) is 0 Å². The number of hydrogen-bond acceptors (Lipinski definition) is 6. The number of likely N-dealkylation sites (N-methyl/N-ethyl adjacent to an activating group) is 1. The van der Waals surface area contributed by atoms with Gasteiger partial charge < -0.3 is 9.80 Å². The van der Waals surface area contributed by atoms with Crippen LogP contribution in [-0.4, -0.2) is 62.4 Å². The maximum atomic E-state index is 4.78. The molecule has 3 heterocycles. The van der Waals surface area contributed by atoms with Crippen LogP contribution in [0.15, 0.2) is 18.7 Å². The van der Waals surface area contributed by atoms with E-state index in [1.54, 1.807) is 12.7 Å². The standard InChI is InChI=1S/C18H29N7/c1-14(2)18-21-15(3)11-17(22-18)24-7-5-16(6-8-24)23(4)9-10-25-13-19-12-20-25/h11-14,16H,5-10H2,1-4H3. The summed E-state index contributed by atoms with van der Waals surface area (Å²) in [6.45, 7) is 10.3. The summed E-state index contributed by atoms with van der Waals surface area (Å²) < 4.78 is 1.89. The van der Waals surface area contributed by atoms with Gasteiger partial charge in [0.25, 0.3) is 0 Å². The smallest absolute Gasteiger partial charge is 0.137 e. The molecule has 2 aromatic rings. The molecule has 0 amide bonds. The lowest BCUT2D eigenvalue weighted by Gasteiger charge is -2.37. The third-order valence-electron chi connectivity index (χ3n) is 4.93. The van der Waals surface area contributed by atoms with Crippen LogP contribution < -0.4 is 4.90 Å². The molecule has 1 fully saturated rings. The van der Waals surface area contributed by atoms with Crippen molar-refractivity contribution in [2.24, 2.45) is 0 Å². The minimum Gasteiger partial charge on any atom is -0.356 e. The van der Waals surface area contributed by atoms with E-state index in [0.29, 0.717) is 12.0 Å². The second-order valence-corrected chi connectivity index (χ2v) is 7.24. The number of aromatic nitrogens is 5. The van der Waals surface area contributed by atoms with Crippen LogP contribution in [-0.2, 0) is 6.54 Å². The summed E-state index contributed by atoms with van der Waals surface area (Å²) >= 11 is 0. The molecule has 0 unspecified atom stereocenters. The van der Waals surface area contributed by atoms with E-state index in [9.17, 15) is 0 Å². The highest BCUT2D eigenvalue weighted by atomic mass is 15.3. The Bertz CT molecular complexity index is 660. The first kappa shape index (κ1) is 17.8. The van der Waals surface area contributed by atoms with Gasteiger partial charge in [-0.05, 0) is 26.8 Å². The van der Waals surface area contributed by atoms with E-state index in [1.807, 2.05) is 4.68 Å². The van der Waals surface area contributed by atoms with Crippen LogP contribution in [0.2, 0.25) is 0 Å². The van der Waals surface area contributed by atoms with Gasteiger partial charge in [0.1, 0.15) is 24.3 Å². The molecule has 0 radical (unpaired) electrons. The van der Waals surface area contributed by atoms with Gasteiger partial charge in [0.2, 0.25) is 0 Å². The van der Waals surface area contributed by atoms with E-state index >= 15 is 0 Å². The van der Waals surface area contributed by atoms with Gasteiger partial charge in [0, 0.05) is 43.4 Å². The molecule has 7 nitrogen and oxygen atoms in total. The summed E-state index contributed by atoms with van der Waals surface area (Å²) in [5.41, 5.74) is 1.06. The minimum atomic E-state index is 0.360. The highest BCUT2D eigenvalue weighted by molar-refractivity contribution is 5.40. The van der Waals surface area contributed by atoms with E-state index in [4.69, 9.17) is 4.98 Å². The molecule has 0 saturated carbocycles. The fourth-order valence-electron chi connectivity index (χ4n) is 3.32. The Morgan fingerprint density at radius 2 is 2.00 bits per heavy atom. The summed E-state index contributed by atoms with van der Waals surface area (Å²) in [4.78, 5) is 18.2. The fourth-order valence-corrected chi connectivity index (χ4v) is 3.32. The predicted octanol–water partition coefficient (Wildman–Crippen LogP) is 2.10. The largest absolute Gasteiger partial charge is 0.356 e. The van der Waals surface area contributed by atoms with Crippen LogP contribution in [0.5, 0.6) is 0 Å². The molecule has 1 aliphatic heterocycles. The summed E-state index contributed by atoms with van der Waals surface area (Å²) in [6, 6.07) is 2.73. The van der Waals surface area contributed by atoms with Crippen LogP contribution in [0.4, 0.5) is 5.82 Å². The Labute approximate surface area is 150 Å². The van der Waals surface area contributed by atoms with Gasteiger partial charge in [-0.1, -0.05) is 13.8 Å². The second-order valence-electron chi connectivity index (χ2n) is 7.24. The molecular weight excluding hydrogens is 314 g/mol. The molecule has 0 bridgehead atoms. The number of rotatable bonds is 6. The van der Waals surface area contributed by atoms with E-state index in [1.165, 1.54) is 0 Å². The molecule has 25 heavy (non-hydrogen) atoms. The van der Waals surface area contributed by atoms with Crippen molar-refractivity contribution in [1.82, 2.24) is 29.6 Å². The summed E-state index contributed by atoms with van der Waals surface area (Å²) in [6.07, 6.45) is 5.69. The third kappa shape index (κ3) is 4.54. The molecule has 0 N–H and O–H groups in total. The van der Waals surface area contributed by atoms with E-state index in [-0.39, 0.29) is 0 Å². The molecule has 1 aliphatic rings. The predicted molar refractivity (Wildman–Crippen MR) is 98.7 cm³/mol. The van der Waals surface area contributed by atoms with Gasteiger partial charge in [-0.3, -0.25) is 4.68 Å². The first-order chi connectivity index (χ1) is 12.0. The highest BCUT2D eigenvalue weighted by Crippen LogP contribution is 2.22. The van der Waals surface area contributed by atoms with E-state index in [0.717, 1.165) is 56.4 Å². The Morgan fingerprint density at radius 1 is 1.24 bits per heavy atom. The van der Waals surface area contributed by atoms with Crippen molar-refractivity contribution < 1.29 is 0 Å². The first-order valence-corrected chi connectivity index (χ1v) is 9.16. The molecule has 2 aromatic heterocycles. The summed E-state index contributed by atoms with van der Waals surface area (Å²) in [5.74, 6) is 2.39. The molecule has 136 valence electrons. The van der Waals surface area contributed by atoms with Crippen molar-refractivity contribution in [3.8, 4) is 0 Å². The van der Waals surface area contributed by atoms with Crippen molar-refractivity contribution in [2.75, 3.05) is 31.6 Å². The van der Waals surface area contributed by atoms with Gasteiger partial charge in [-0.25, -0.2) is 15.0 Å². The maximum Gasteiger partial charge on any atom is 0.137 e. The van der Waals surface area contributed by atoms with Crippen molar-refractivity contribution in [2.45, 2.75) is 52.1 Å². The number of anilines is 1. The van der Waals surface area contributed by atoms with Crippen LogP contribution in [0, 0.1) is 6.92 Å². The summed E-state index contributed by atoms with van der Waals surface area (Å²) in [5, 5.41) is 4.17. The molecule has 0 aliphatic carbocycles. The van der Waals surface area contributed by atoms with Gasteiger partial charge in [-0.2, -0.15) is 5.10 Å². The number of hydrogen-bond donors (Lipinski definition) is 0. The van der Waals surface area contributed by atoms with Crippen molar-refractivity contribution >= 4 is 5.82 Å².